The summed E-state index contributed by atoms with van der Waals surface area (Å²) in [7, 11) is 0. The van der Waals surface area contributed by atoms with Gasteiger partial charge in [0.15, 0.2) is 0 Å². The van der Waals surface area contributed by atoms with Crippen LogP contribution in [0.1, 0.15) is 5.56 Å². The lowest BCUT2D eigenvalue weighted by Gasteiger charge is -2.34. The SMILES string of the molecule is O=C(NC(COC[C]1[CH][CH][CH][CH]1)(COC[C]1[CH][CH][CH][CH]1)COC[C]1[CH][CH][CH][CH]1)OCc1ccccc1. The Balaban J connectivity index is 1.37. The van der Waals surface area contributed by atoms with Crippen LogP contribution in [-0.2, 0) is 25.6 Å². The Kier molecular flexibility index (Phi) is 11.4. The second-order valence-corrected chi connectivity index (χ2v) is 8.82. The van der Waals surface area contributed by atoms with E-state index in [4.69, 9.17) is 18.9 Å². The summed E-state index contributed by atoms with van der Waals surface area (Å²) in [4.78, 5) is 12.9. The maximum absolute atomic E-state index is 12.9. The Morgan fingerprint density at radius 3 is 1.44 bits per heavy atom. The summed E-state index contributed by atoms with van der Waals surface area (Å²) in [5.74, 6) is 3.18. The lowest BCUT2D eigenvalue weighted by atomic mass is 10.0. The van der Waals surface area contributed by atoms with Crippen LogP contribution in [0.5, 0.6) is 0 Å². The molecule has 0 bridgehead atoms. The summed E-state index contributed by atoms with van der Waals surface area (Å²) >= 11 is 0. The first-order valence-electron chi connectivity index (χ1n) is 12.0. The molecule has 15 radical (unpaired) electrons. The monoisotopic (exact) mass is 486 g/mol. The van der Waals surface area contributed by atoms with Gasteiger partial charge in [-0.05, 0) is 82.6 Å². The Labute approximate surface area is 217 Å². The standard InChI is InChI=1S/C30H32NO5/c32-29(36-21-28-10-2-1-3-11-28)31-30(22-33-18-25-12-4-5-13-25,23-34-19-26-14-6-7-15-26)24-35-20-27-16-8-9-17-27/h1-17H,18-24H2,(H,31,32). The van der Waals surface area contributed by atoms with Gasteiger partial charge >= 0.3 is 6.09 Å². The zero-order valence-corrected chi connectivity index (χ0v) is 20.3. The Hall–Kier alpha value is -1.63. The van der Waals surface area contributed by atoms with Crippen molar-refractivity contribution in [3.8, 4) is 0 Å². The number of nitrogens with one attached hydrogen (secondary N) is 1. The quantitative estimate of drug-likeness (QED) is 0.407. The summed E-state index contributed by atoms with van der Waals surface area (Å²) in [6.07, 6.45) is 23.3. The Bertz CT molecular complexity index is 684. The molecule has 187 valence electrons. The van der Waals surface area contributed by atoms with E-state index in [1.807, 2.05) is 107 Å². The normalized spacial score (nSPS) is 19.8. The van der Waals surface area contributed by atoms with Crippen LogP contribution < -0.4 is 5.32 Å². The highest BCUT2D eigenvalue weighted by Gasteiger charge is 2.36. The van der Waals surface area contributed by atoms with Gasteiger partial charge in [0, 0.05) is 17.8 Å². The van der Waals surface area contributed by atoms with Crippen LogP contribution in [0, 0.1) is 94.8 Å². The number of carbonyl (C=O) groups is 1. The van der Waals surface area contributed by atoms with Crippen molar-refractivity contribution in [1.82, 2.24) is 5.32 Å². The predicted octanol–water partition coefficient (Wildman–Crippen LogP) is 3.92. The van der Waals surface area contributed by atoms with Crippen LogP contribution in [-0.4, -0.2) is 51.3 Å². The fourth-order valence-electron chi connectivity index (χ4n) is 3.83. The molecular formula is C30H32NO5. The van der Waals surface area contributed by atoms with Gasteiger partial charge in [0.2, 0.25) is 0 Å². The van der Waals surface area contributed by atoms with Gasteiger partial charge in [0.1, 0.15) is 12.1 Å². The molecule has 3 aliphatic rings. The summed E-state index contributed by atoms with van der Waals surface area (Å²) < 4.78 is 23.7. The molecule has 6 nitrogen and oxygen atoms in total. The fraction of sp³-hybridized carbons (Fsp3) is 0.267. The molecule has 0 aromatic heterocycles. The predicted molar refractivity (Wildman–Crippen MR) is 136 cm³/mol. The Morgan fingerprint density at radius 2 is 1.03 bits per heavy atom. The maximum Gasteiger partial charge on any atom is 0.408 e. The van der Waals surface area contributed by atoms with Crippen LogP contribution in [0.25, 0.3) is 0 Å². The van der Waals surface area contributed by atoms with Gasteiger partial charge in [-0.25, -0.2) is 4.79 Å². The molecule has 36 heavy (non-hydrogen) atoms. The smallest absolute Gasteiger partial charge is 0.408 e. The molecule has 0 spiro atoms. The first kappa shape index (κ1) is 27.4. The zero-order chi connectivity index (χ0) is 24.9. The lowest BCUT2D eigenvalue weighted by molar-refractivity contribution is -0.0322. The van der Waals surface area contributed by atoms with Gasteiger partial charge in [0.05, 0.1) is 39.6 Å². The second kappa shape index (κ2) is 14.9. The minimum atomic E-state index is -0.945. The van der Waals surface area contributed by atoms with Crippen LogP contribution in [0.15, 0.2) is 30.3 Å². The van der Waals surface area contributed by atoms with Crippen LogP contribution in [0.2, 0.25) is 0 Å². The van der Waals surface area contributed by atoms with E-state index in [1.54, 1.807) is 0 Å². The van der Waals surface area contributed by atoms with Crippen molar-refractivity contribution in [2.45, 2.75) is 12.1 Å². The van der Waals surface area contributed by atoms with E-state index in [-0.39, 0.29) is 26.4 Å². The highest BCUT2D eigenvalue weighted by atomic mass is 16.6. The molecule has 3 saturated carbocycles. The fourth-order valence-corrected chi connectivity index (χ4v) is 3.83. The number of carbonyl (C=O) groups excluding carboxylic acids is 1. The van der Waals surface area contributed by atoms with Gasteiger partial charge in [-0.3, -0.25) is 0 Å². The molecule has 1 aromatic rings. The van der Waals surface area contributed by atoms with Crippen LogP contribution in [0.4, 0.5) is 4.79 Å². The van der Waals surface area contributed by atoms with Crippen molar-refractivity contribution in [3.05, 3.63) is 131 Å². The first-order valence-corrected chi connectivity index (χ1v) is 12.0. The number of benzene rings is 1. The van der Waals surface area contributed by atoms with E-state index in [1.165, 1.54) is 0 Å². The van der Waals surface area contributed by atoms with E-state index in [0.29, 0.717) is 19.8 Å². The molecule has 3 aliphatic carbocycles. The van der Waals surface area contributed by atoms with Gasteiger partial charge in [0.25, 0.3) is 0 Å². The molecule has 4 rings (SSSR count). The third kappa shape index (κ3) is 9.35. The Morgan fingerprint density at radius 1 is 0.611 bits per heavy atom. The highest BCUT2D eigenvalue weighted by molar-refractivity contribution is 5.68. The number of amides is 1. The topological polar surface area (TPSA) is 66.0 Å². The van der Waals surface area contributed by atoms with Crippen molar-refractivity contribution in [2.75, 3.05) is 39.6 Å². The van der Waals surface area contributed by atoms with E-state index < -0.39 is 11.6 Å². The van der Waals surface area contributed by atoms with Crippen LogP contribution >= 0.6 is 0 Å². The number of hydrogen-bond acceptors (Lipinski definition) is 5. The van der Waals surface area contributed by atoms with Crippen LogP contribution in [0.3, 0.4) is 0 Å². The molecule has 0 heterocycles. The molecule has 3 fully saturated rings. The third-order valence-corrected chi connectivity index (χ3v) is 5.72. The number of ether oxygens (including phenoxy) is 4. The summed E-state index contributed by atoms with van der Waals surface area (Å²) in [6.45, 7) is 2.01. The zero-order valence-electron chi connectivity index (χ0n) is 20.3. The minimum Gasteiger partial charge on any atom is -0.445 e. The largest absolute Gasteiger partial charge is 0.445 e. The molecule has 0 atom stereocenters. The minimum absolute atomic E-state index is 0.167. The average molecular weight is 487 g/mol. The van der Waals surface area contributed by atoms with Crippen molar-refractivity contribution >= 4 is 6.09 Å². The van der Waals surface area contributed by atoms with E-state index in [0.717, 1.165) is 23.3 Å². The van der Waals surface area contributed by atoms with E-state index >= 15 is 0 Å². The lowest BCUT2D eigenvalue weighted by Crippen LogP contribution is -2.59. The third-order valence-electron chi connectivity index (χ3n) is 5.72. The molecule has 1 amide bonds. The van der Waals surface area contributed by atoms with Gasteiger partial charge in [-0.2, -0.15) is 0 Å². The van der Waals surface area contributed by atoms with Crippen molar-refractivity contribution < 1.29 is 23.7 Å². The molecule has 1 aromatic carbocycles. The average Bonchev–Trinajstić information content (AvgIpc) is 3.68. The van der Waals surface area contributed by atoms with Crippen molar-refractivity contribution in [2.24, 2.45) is 0 Å². The van der Waals surface area contributed by atoms with E-state index in [9.17, 15) is 4.79 Å². The molecule has 1 N–H and O–H groups in total. The molecule has 0 saturated heterocycles. The molecule has 0 unspecified atom stereocenters. The summed E-state index contributed by atoms with van der Waals surface area (Å²) in [6, 6.07) is 9.57. The van der Waals surface area contributed by atoms with Crippen molar-refractivity contribution in [3.63, 3.8) is 0 Å². The number of hydrogen-bond donors (Lipinski definition) is 1. The highest BCUT2D eigenvalue weighted by Crippen LogP contribution is 2.26. The summed E-state index contributed by atoms with van der Waals surface area (Å²) in [5, 5.41) is 3.00. The molecule has 6 heteroatoms. The maximum atomic E-state index is 12.9. The molecule has 0 aliphatic heterocycles. The van der Waals surface area contributed by atoms with Gasteiger partial charge in [-0.1, -0.05) is 30.3 Å². The van der Waals surface area contributed by atoms with Gasteiger partial charge in [-0.15, -0.1) is 0 Å². The number of alkyl carbamates (subject to hydrolysis) is 1. The second-order valence-electron chi connectivity index (χ2n) is 8.82. The number of rotatable bonds is 15. The molecular weight excluding hydrogens is 454 g/mol. The van der Waals surface area contributed by atoms with Crippen molar-refractivity contribution in [1.29, 1.82) is 0 Å². The van der Waals surface area contributed by atoms with E-state index in [2.05, 4.69) is 5.32 Å². The summed E-state index contributed by atoms with van der Waals surface area (Å²) in [5.41, 5.74) is -0.0369. The van der Waals surface area contributed by atoms with Gasteiger partial charge < -0.3 is 24.3 Å². The first-order chi connectivity index (χ1) is 17.7.